The Bertz CT molecular complexity index is 1380. The van der Waals surface area contributed by atoms with Crippen LogP contribution in [0, 0.1) is 0 Å². The van der Waals surface area contributed by atoms with Crippen molar-refractivity contribution < 1.29 is 26.3 Å². The number of hydrogen-bond acceptors (Lipinski definition) is 3. The Morgan fingerprint density at radius 2 is 1.06 bits per heavy atom. The minimum Gasteiger partial charge on any atom is -0.293 e. The summed E-state index contributed by atoms with van der Waals surface area (Å²) in [4.78, 5) is 23.7. The van der Waals surface area contributed by atoms with Crippen molar-refractivity contribution in [2.75, 3.05) is 6.26 Å². The van der Waals surface area contributed by atoms with Crippen LogP contribution in [0.15, 0.2) is 69.1 Å². The molecule has 0 saturated carbocycles. The molecule has 0 saturated heterocycles. The third kappa shape index (κ3) is 6.74. The van der Waals surface area contributed by atoms with Crippen molar-refractivity contribution in [3.05, 3.63) is 109 Å². The van der Waals surface area contributed by atoms with Crippen LogP contribution >= 0.6 is 11.8 Å². The molecule has 36 heavy (non-hydrogen) atoms. The summed E-state index contributed by atoms with van der Waals surface area (Å²) in [5.74, 6) is 0. The molecule has 2 aromatic heterocycles. The number of thioether (sulfide) groups is 1. The van der Waals surface area contributed by atoms with Crippen LogP contribution in [0.25, 0.3) is 0 Å². The topological polar surface area (TPSA) is 97.3 Å². The Morgan fingerprint density at radius 1 is 0.639 bits per heavy atom. The fraction of sp³-hybridized carbons (Fsp3) is 0.217. The number of alkyl halides is 6. The molecule has 4 aromatic rings. The molecular formula is C23H20F6N4O2S. The lowest BCUT2D eigenvalue weighted by Crippen LogP contribution is -2.13. The van der Waals surface area contributed by atoms with Crippen LogP contribution in [0.3, 0.4) is 0 Å². The van der Waals surface area contributed by atoms with Crippen LogP contribution in [0.2, 0.25) is 0 Å². The van der Waals surface area contributed by atoms with Crippen molar-refractivity contribution in [3.8, 4) is 0 Å². The molecule has 0 aliphatic rings. The molecule has 192 valence electrons. The van der Waals surface area contributed by atoms with E-state index in [-0.39, 0.29) is 24.0 Å². The zero-order chi connectivity index (χ0) is 26.5. The van der Waals surface area contributed by atoms with E-state index in [4.69, 9.17) is 0 Å². The van der Waals surface area contributed by atoms with E-state index >= 15 is 0 Å². The molecule has 2 aromatic carbocycles. The molecule has 4 rings (SSSR count). The predicted molar refractivity (Wildman–Crippen MR) is 123 cm³/mol. The van der Waals surface area contributed by atoms with Gasteiger partial charge in [-0.05, 0) is 29.5 Å². The molecule has 0 unspecified atom stereocenters. The van der Waals surface area contributed by atoms with Gasteiger partial charge in [-0.25, -0.2) is 0 Å². The zero-order valence-corrected chi connectivity index (χ0v) is 19.4. The Balaban J connectivity index is 0.000000202. The molecule has 2 heterocycles. The lowest BCUT2D eigenvalue weighted by Gasteiger charge is -2.06. The Morgan fingerprint density at radius 3 is 1.44 bits per heavy atom. The van der Waals surface area contributed by atoms with Crippen LogP contribution < -0.4 is 11.1 Å². The van der Waals surface area contributed by atoms with Gasteiger partial charge in [0, 0.05) is 17.7 Å². The molecule has 0 spiro atoms. The van der Waals surface area contributed by atoms with Gasteiger partial charge in [-0.1, -0.05) is 42.5 Å². The van der Waals surface area contributed by atoms with Crippen LogP contribution in [0.5, 0.6) is 0 Å². The van der Waals surface area contributed by atoms with Gasteiger partial charge in [0.1, 0.15) is 11.4 Å². The van der Waals surface area contributed by atoms with Crippen molar-refractivity contribution >= 4 is 11.8 Å². The van der Waals surface area contributed by atoms with Crippen molar-refractivity contribution in [1.29, 1.82) is 0 Å². The smallest absolute Gasteiger partial charge is 0.293 e. The van der Waals surface area contributed by atoms with Crippen molar-refractivity contribution in [2.45, 2.75) is 30.1 Å². The highest BCUT2D eigenvalue weighted by molar-refractivity contribution is 7.98. The first-order valence-electron chi connectivity index (χ1n) is 10.3. The lowest BCUT2D eigenvalue weighted by molar-refractivity contribution is -0.142. The molecule has 0 amide bonds. The molecule has 0 fully saturated rings. The average Bonchev–Trinajstić information content (AvgIpc) is 3.38. The average molecular weight is 530 g/mol. The lowest BCUT2D eigenvalue weighted by atomic mass is 10.1. The molecular weight excluding hydrogens is 510 g/mol. The molecule has 6 nitrogen and oxygen atoms in total. The van der Waals surface area contributed by atoms with Crippen molar-refractivity contribution in [1.82, 2.24) is 20.4 Å². The largest absolute Gasteiger partial charge is 0.433 e. The summed E-state index contributed by atoms with van der Waals surface area (Å²) in [5, 5.41) is 7.71. The van der Waals surface area contributed by atoms with E-state index in [1.807, 2.05) is 38.8 Å². The third-order valence-electron chi connectivity index (χ3n) is 5.08. The summed E-state index contributed by atoms with van der Waals surface area (Å²) >= 11 is 1.54. The first kappa shape index (κ1) is 27.0. The minimum absolute atomic E-state index is 0.0471. The molecule has 4 N–H and O–H groups in total. The number of H-pyrrole nitrogens is 4. The Kier molecular flexibility index (Phi) is 8.23. The maximum Gasteiger partial charge on any atom is 0.433 e. The summed E-state index contributed by atoms with van der Waals surface area (Å²) in [5.41, 5.74) is -2.75. The van der Waals surface area contributed by atoms with Gasteiger partial charge in [0.05, 0.1) is 11.1 Å². The number of aromatic amines is 4. The van der Waals surface area contributed by atoms with E-state index in [9.17, 15) is 35.9 Å². The first-order valence-corrected chi connectivity index (χ1v) is 11.5. The van der Waals surface area contributed by atoms with Gasteiger partial charge in [-0.3, -0.25) is 30.0 Å². The highest BCUT2D eigenvalue weighted by atomic mass is 32.2. The summed E-state index contributed by atoms with van der Waals surface area (Å²) in [6.07, 6.45) is -7.30. The van der Waals surface area contributed by atoms with E-state index in [0.717, 1.165) is 4.90 Å². The standard InChI is InChI=1S/C12H11F3N2OS.C11H9F3N2O/c1-19-8-4-2-7(3-5-8)6-9-10(12(13,14)15)16-17-11(9)18;12-11(13,14)9-8(10(17)16-15-9)6-7-4-2-1-3-5-7/h2-5H,6H2,1H3,(H2,16,17,18);1-5H,6H2,(H2,15,16,17). The fourth-order valence-electron chi connectivity index (χ4n) is 3.34. The van der Waals surface area contributed by atoms with E-state index in [1.165, 1.54) is 0 Å². The van der Waals surface area contributed by atoms with Gasteiger partial charge in [-0.15, -0.1) is 11.8 Å². The van der Waals surface area contributed by atoms with Gasteiger partial charge < -0.3 is 0 Å². The van der Waals surface area contributed by atoms with E-state index in [1.54, 1.807) is 54.2 Å². The maximum absolute atomic E-state index is 12.7. The van der Waals surface area contributed by atoms with Crippen molar-refractivity contribution in [2.24, 2.45) is 0 Å². The monoisotopic (exact) mass is 530 g/mol. The molecule has 0 atom stereocenters. The molecule has 13 heteroatoms. The second-order valence-electron chi connectivity index (χ2n) is 7.55. The second-order valence-corrected chi connectivity index (χ2v) is 8.43. The van der Waals surface area contributed by atoms with Gasteiger partial charge >= 0.3 is 12.4 Å². The van der Waals surface area contributed by atoms with E-state index < -0.39 is 34.9 Å². The van der Waals surface area contributed by atoms with Crippen LogP contribution in [0.1, 0.15) is 33.6 Å². The van der Waals surface area contributed by atoms with E-state index in [2.05, 4.69) is 0 Å². The first-order chi connectivity index (χ1) is 16.9. The highest BCUT2D eigenvalue weighted by Gasteiger charge is 2.37. The fourth-order valence-corrected chi connectivity index (χ4v) is 3.74. The number of nitrogens with one attached hydrogen (secondary N) is 4. The van der Waals surface area contributed by atoms with Crippen LogP contribution in [-0.2, 0) is 25.2 Å². The molecule has 0 aliphatic heterocycles. The summed E-state index contributed by atoms with van der Waals surface area (Å²) in [6, 6.07) is 15.6. The number of hydrogen-bond donors (Lipinski definition) is 4. The second kappa shape index (κ2) is 11.0. The zero-order valence-electron chi connectivity index (χ0n) is 18.6. The summed E-state index contributed by atoms with van der Waals surface area (Å²) < 4.78 is 75.8. The quantitative estimate of drug-likeness (QED) is 0.207. The van der Waals surface area contributed by atoms with Gasteiger partial charge in [0.25, 0.3) is 11.1 Å². The number of benzene rings is 2. The summed E-state index contributed by atoms with van der Waals surface area (Å²) in [6.45, 7) is 0. The highest BCUT2D eigenvalue weighted by Crippen LogP contribution is 2.30. The number of rotatable bonds is 5. The maximum atomic E-state index is 12.7. The predicted octanol–water partition coefficient (Wildman–Crippen LogP) is 5.35. The van der Waals surface area contributed by atoms with Gasteiger partial charge in [0.2, 0.25) is 0 Å². The number of aromatic nitrogens is 4. The Labute approximate surface area is 204 Å². The van der Waals surface area contributed by atoms with E-state index in [0.29, 0.717) is 11.1 Å². The SMILES string of the molecule is CSc1ccc(Cc2c(C(F)(F)F)[nH][nH]c2=O)cc1.O=c1[nH][nH]c(C(F)(F)F)c1Cc1ccccc1. The molecule has 0 bridgehead atoms. The number of halogens is 6. The molecule has 0 radical (unpaired) electrons. The Hall–Kier alpha value is -3.61. The van der Waals surface area contributed by atoms with Gasteiger partial charge in [0.15, 0.2) is 0 Å². The third-order valence-corrected chi connectivity index (χ3v) is 5.83. The van der Waals surface area contributed by atoms with Crippen LogP contribution in [-0.4, -0.2) is 26.7 Å². The van der Waals surface area contributed by atoms with Crippen molar-refractivity contribution in [3.63, 3.8) is 0 Å². The van der Waals surface area contributed by atoms with Gasteiger partial charge in [-0.2, -0.15) is 26.3 Å². The van der Waals surface area contributed by atoms with Crippen LogP contribution in [0.4, 0.5) is 26.3 Å². The normalized spacial score (nSPS) is 11.8. The summed E-state index contributed by atoms with van der Waals surface area (Å²) in [7, 11) is 0. The molecule has 0 aliphatic carbocycles. The minimum atomic E-state index is -4.56.